The molecule has 0 bridgehead atoms. The van der Waals surface area contributed by atoms with Crippen LogP contribution in [0.3, 0.4) is 0 Å². The Kier molecular flexibility index (Phi) is 3.52. The second-order valence-electron chi connectivity index (χ2n) is 4.92. The number of rotatable bonds is 2. The maximum atomic E-state index is 11.6. The van der Waals surface area contributed by atoms with Crippen LogP contribution in [0.25, 0.3) is 0 Å². The van der Waals surface area contributed by atoms with Gasteiger partial charge >= 0.3 is 5.97 Å². The largest absolute Gasteiger partial charge is 0.462 e. The Morgan fingerprint density at radius 3 is 2.76 bits per heavy atom. The molecule has 3 nitrogen and oxygen atoms in total. The Hall–Kier alpha value is -0.520. The van der Waals surface area contributed by atoms with Crippen molar-refractivity contribution < 1.29 is 9.53 Å². The van der Waals surface area contributed by atoms with Crippen molar-refractivity contribution in [3.8, 4) is 0 Å². The lowest BCUT2D eigenvalue weighted by atomic mass is 10.1. The van der Waals surface area contributed by atoms with Gasteiger partial charge in [0.2, 0.25) is 0 Å². The van der Waals surface area contributed by atoms with Crippen molar-refractivity contribution in [2.45, 2.75) is 44.7 Å². The number of carbonyl (C=O) groups is 1. The Labute approximate surface area is 110 Å². The summed E-state index contributed by atoms with van der Waals surface area (Å²) in [5, 5.41) is 0. The Morgan fingerprint density at radius 1 is 1.53 bits per heavy atom. The molecule has 17 heavy (non-hydrogen) atoms. The molecular formula is C12H17NO2S2. The van der Waals surface area contributed by atoms with Crippen LogP contribution in [0.4, 0.5) is 0 Å². The highest BCUT2D eigenvalue weighted by atomic mass is 32.2. The van der Waals surface area contributed by atoms with E-state index in [0.717, 1.165) is 11.4 Å². The van der Waals surface area contributed by atoms with Crippen molar-refractivity contribution in [1.82, 2.24) is 4.31 Å². The van der Waals surface area contributed by atoms with E-state index in [1.54, 1.807) is 23.3 Å². The van der Waals surface area contributed by atoms with Crippen molar-refractivity contribution >= 4 is 29.3 Å². The molecular weight excluding hydrogens is 254 g/mol. The third-order valence-corrected chi connectivity index (χ3v) is 5.18. The molecule has 0 radical (unpaired) electrons. The zero-order valence-electron chi connectivity index (χ0n) is 10.6. The number of hydrogen-bond donors (Lipinski definition) is 0. The predicted molar refractivity (Wildman–Crippen MR) is 71.4 cm³/mol. The molecule has 0 saturated heterocycles. The number of carbonyl (C=O) groups excluding carboxylic acids is 1. The molecule has 1 aliphatic rings. The first-order valence-electron chi connectivity index (χ1n) is 5.67. The minimum absolute atomic E-state index is 0.146. The summed E-state index contributed by atoms with van der Waals surface area (Å²) in [5.41, 5.74) is 0.146. The molecule has 0 N–H and O–H groups in total. The molecule has 1 aromatic rings. The maximum absolute atomic E-state index is 11.6. The molecule has 2 rings (SSSR count). The molecule has 0 saturated carbocycles. The summed E-state index contributed by atoms with van der Waals surface area (Å²) in [7, 11) is 0. The third-order valence-electron chi connectivity index (χ3n) is 2.49. The van der Waals surface area contributed by atoms with Crippen molar-refractivity contribution in [3.05, 3.63) is 15.8 Å². The third kappa shape index (κ3) is 2.67. The number of esters is 1. The van der Waals surface area contributed by atoms with Crippen molar-refractivity contribution in [2.75, 3.05) is 6.61 Å². The quantitative estimate of drug-likeness (QED) is 0.608. The van der Waals surface area contributed by atoms with E-state index in [4.69, 9.17) is 4.74 Å². The van der Waals surface area contributed by atoms with Crippen LogP contribution in [0.15, 0.2) is 11.0 Å². The summed E-state index contributed by atoms with van der Waals surface area (Å²) in [6, 6.07) is 1.95. The summed E-state index contributed by atoms with van der Waals surface area (Å²) in [4.78, 5) is 14.8. The van der Waals surface area contributed by atoms with Gasteiger partial charge in [-0.1, -0.05) is 0 Å². The highest BCUT2D eigenvalue weighted by molar-refractivity contribution is 7.97. The zero-order chi connectivity index (χ0) is 12.6. The number of thiophene rings is 1. The van der Waals surface area contributed by atoms with E-state index in [0.29, 0.717) is 6.61 Å². The molecule has 5 heteroatoms. The first-order valence-corrected chi connectivity index (χ1v) is 7.26. The van der Waals surface area contributed by atoms with Gasteiger partial charge in [-0.25, -0.2) is 9.10 Å². The maximum Gasteiger partial charge on any atom is 0.348 e. The average molecular weight is 271 g/mol. The lowest BCUT2D eigenvalue weighted by molar-refractivity contribution is 0.0532. The van der Waals surface area contributed by atoms with E-state index in [1.165, 1.54) is 9.77 Å². The molecule has 0 atom stereocenters. The first-order chi connectivity index (χ1) is 7.91. The lowest BCUT2D eigenvalue weighted by Crippen LogP contribution is -2.32. The number of ether oxygens (including phenoxy) is 1. The van der Waals surface area contributed by atoms with Gasteiger partial charge < -0.3 is 4.74 Å². The highest BCUT2D eigenvalue weighted by Crippen LogP contribution is 2.44. The van der Waals surface area contributed by atoms with E-state index in [2.05, 4.69) is 25.1 Å². The van der Waals surface area contributed by atoms with Gasteiger partial charge in [-0.15, -0.1) is 11.3 Å². The first kappa shape index (κ1) is 12.9. The molecule has 0 unspecified atom stereocenters. The molecule has 1 aliphatic heterocycles. The molecule has 0 aliphatic carbocycles. The molecule has 0 fully saturated rings. The van der Waals surface area contributed by atoms with Gasteiger partial charge in [-0.2, -0.15) is 0 Å². The zero-order valence-corrected chi connectivity index (χ0v) is 12.2. The van der Waals surface area contributed by atoms with Crippen LogP contribution in [0.1, 0.15) is 42.2 Å². The van der Waals surface area contributed by atoms with Gasteiger partial charge in [0.1, 0.15) is 4.88 Å². The summed E-state index contributed by atoms with van der Waals surface area (Å²) in [6.45, 7) is 9.76. The fraction of sp³-hybridized carbons (Fsp3) is 0.583. The summed E-state index contributed by atoms with van der Waals surface area (Å²) in [6.07, 6.45) is 0. The van der Waals surface area contributed by atoms with Gasteiger partial charge in [0.15, 0.2) is 0 Å². The van der Waals surface area contributed by atoms with E-state index in [1.807, 2.05) is 13.0 Å². The Bertz CT molecular complexity index is 411. The van der Waals surface area contributed by atoms with Gasteiger partial charge in [-0.05, 0) is 45.7 Å². The van der Waals surface area contributed by atoms with Gasteiger partial charge in [0.25, 0.3) is 0 Å². The molecule has 94 valence electrons. The molecule has 0 amide bonds. The summed E-state index contributed by atoms with van der Waals surface area (Å²) in [5.74, 6) is -0.199. The standard InChI is InChI=1S/C12H17NO2S2/c1-5-15-11(14)9-6-8-10(16-9)7-13(17-8)12(2,3)4/h6H,5,7H2,1-4H3. The molecule has 1 aromatic heterocycles. The topological polar surface area (TPSA) is 29.5 Å². The van der Waals surface area contributed by atoms with Gasteiger partial charge in [-0.3, -0.25) is 0 Å². The average Bonchev–Trinajstić information content (AvgIpc) is 2.72. The van der Waals surface area contributed by atoms with Crippen LogP contribution in [0.2, 0.25) is 0 Å². The lowest BCUT2D eigenvalue weighted by Gasteiger charge is -2.29. The van der Waals surface area contributed by atoms with E-state index in [-0.39, 0.29) is 11.5 Å². The monoisotopic (exact) mass is 271 g/mol. The van der Waals surface area contributed by atoms with Crippen molar-refractivity contribution in [2.24, 2.45) is 0 Å². The summed E-state index contributed by atoms with van der Waals surface area (Å²) >= 11 is 3.29. The van der Waals surface area contributed by atoms with E-state index in [9.17, 15) is 4.79 Å². The van der Waals surface area contributed by atoms with Gasteiger partial charge in [0, 0.05) is 21.9 Å². The predicted octanol–water partition coefficient (Wildman–Crippen LogP) is 3.55. The minimum atomic E-state index is -0.199. The Morgan fingerprint density at radius 2 is 2.24 bits per heavy atom. The van der Waals surface area contributed by atoms with Crippen LogP contribution >= 0.6 is 23.3 Å². The summed E-state index contributed by atoms with van der Waals surface area (Å²) < 4.78 is 7.34. The van der Waals surface area contributed by atoms with Crippen molar-refractivity contribution in [3.63, 3.8) is 0 Å². The SMILES string of the molecule is CCOC(=O)c1cc2c(s1)CN(C(C)(C)C)S2. The van der Waals surface area contributed by atoms with E-state index < -0.39 is 0 Å². The van der Waals surface area contributed by atoms with Crippen LogP contribution in [-0.2, 0) is 11.3 Å². The molecule has 0 spiro atoms. The fourth-order valence-electron chi connectivity index (χ4n) is 1.56. The number of nitrogens with zero attached hydrogens (tertiary/aromatic N) is 1. The van der Waals surface area contributed by atoms with Gasteiger partial charge in [0.05, 0.1) is 6.61 Å². The number of fused-ring (bicyclic) bond motifs is 1. The van der Waals surface area contributed by atoms with Crippen LogP contribution in [0, 0.1) is 0 Å². The fourth-order valence-corrected chi connectivity index (χ4v) is 3.93. The number of hydrogen-bond acceptors (Lipinski definition) is 5. The molecule has 2 heterocycles. The van der Waals surface area contributed by atoms with Crippen molar-refractivity contribution in [1.29, 1.82) is 0 Å². The highest BCUT2D eigenvalue weighted by Gasteiger charge is 2.31. The normalized spacial score (nSPS) is 16.0. The Balaban J connectivity index is 2.11. The smallest absolute Gasteiger partial charge is 0.348 e. The molecule has 0 aromatic carbocycles. The second kappa shape index (κ2) is 4.63. The second-order valence-corrected chi connectivity index (χ2v) is 7.12. The van der Waals surface area contributed by atoms with Crippen LogP contribution in [-0.4, -0.2) is 22.4 Å². The van der Waals surface area contributed by atoms with Crippen LogP contribution < -0.4 is 0 Å². The van der Waals surface area contributed by atoms with E-state index >= 15 is 0 Å². The minimum Gasteiger partial charge on any atom is -0.462 e. The van der Waals surface area contributed by atoms with Crippen LogP contribution in [0.5, 0.6) is 0 Å².